The summed E-state index contributed by atoms with van der Waals surface area (Å²) in [7, 11) is 0. The van der Waals surface area contributed by atoms with E-state index in [1.807, 2.05) is 0 Å². The summed E-state index contributed by atoms with van der Waals surface area (Å²) >= 11 is 0. The highest BCUT2D eigenvalue weighted by Crippen LogP contribution is 2.43. The van der Waals surface area contributed by atoms with E-state index in [-0.39, 0.29) is 16.9 Å². The van der Waals surface area contributed by atoms with E-state index in [9.17, 15) is 19.1 Å². The third-order valence-corrected chi connectivity index (χ3v) is 5.62. The SMILES string of the molecule is CCCN1CC2(CCN(C(=O)c3ccccc3F)CC2)C[C@H]1C(=O)O. The highest BCUT2D eigenvalue weighted by Gasteiger charge is 2.48. The van der Waals surface area contributed by atoms with Gasteiger partial charge in [0.2, 0.25) is 0 Å². The molecule has 0 aromatic heterocycles. The summed E-state index contributed by atoms with van der Waals surface area (Å²) in [6.45, 7) is 4.73. The zero-order valence-corrected chi connectivity index (χ0v) is 14.6. The van der Waals surface area contributed by atoms with E-state index >= 15 is 0 Å². The lowest BCUT2D eigenvalue weighted by Gasteiger charge is -2.39. The van der Waals surface area contributed by atoms with Crippen LogP contribution in [0.1, 0.15) is 43.0 Å². The molecule has 0 bridgehead atoms. The second-order valence-electron chi connectivity index (χ2n) is 7.30. The van der Waals surface area contributed by atoms with Gasteiger partial charge in [0, 0.05) is 19.6 Å². The first-order chi connectivity index (χ1) is 12.0. The van der Waals surface area contributed by atoms with Crippen LogP contribution in [0.2, 0.25) is 0 Å². The topological polar surface area (TPSA) is 60.9 Å². The Morgan fingerprint density at radius 3 is 2.56 bits per heavy atom. The Morgan fingerprint density at radius 2 is 1.96 bits per heavy atom. The fraction of sp³-hybridized carbons (Fsp3) is 0.579. The van der Waals surface area contributed by atoms with E-state index in [2.05, 4.69) is 11.8 Å². The molecule has 2 saturated heterocycles. The van der Waals surface area contributed by atoms with Gasteiger partial charge in [-0.25, -0.2) is 4.39 Å². The number of halogens is 1. The van der Waals surface area contributed by atoms with Crippen molar-refractivity contribution >= 4 is 11.9 Å². The second kappa shape index (κ2) is 7.12. The summed E-state index contributed by atoms with van der Waals surface area (Å²) in [6, 6.07) is 5.63. The Balaban J connectivity index is 1.66. The van der Waals surface area contributed by atoms with Gasteiger partial charge in [0.25, 0.3) is 5.91 Å². The fourth-order valence-electron chi connectivity index (χ4n) is 4.26. The summed E-state index contributed by atoms with van der Waals surface area (Å²) < 4.78 is 13.8. The van der Waals surface area contributed by atoms with Gasteiger partial charge in [-0.05, 0) is 49.8 Å². The van der Waals surface area contributed by atoms with Crippen molar-refractivity contribution in [3.05, 3.63) is 35.6 Å². The van der Waals surface area contributed by atoms with E-state index in [4.69, 9.17) is 0 Å². The van der Waals surface area contributed by atoms with Crippen LogP contribution in [0, 0.1) is 11.2 Å². The van der Waals surface area contributed by atoms with E-state index in [0.29, 0.717) is 19.5 Å². The average Bonchev–Trinajstić information content (AvgIpc) is 2.94. The van der Waals surface area contributed by atoms with Crippen LogP contribution in [0.25, 0.3) is 0 Å². The van der Waals surface area contributed by atoms with E-state index in [0.717, 1.165) is 32.4 Å². The average molecular weight is 348 g/mol. The van der Waals surface area contributed by atoms with Crippen molar-refractivity contribution < 1.29 is 19.1 Å². The molecule has 1 N–H and O–H groups in total. The Bertz CT molecular complexity index is 656. The van der Waals surface area contributed by atoms with Gasteiger partial charge in [0.15, 0.2) is 0 Å². The predicted octanol–water partition coefficient (Wildman–Crippen LogP) is 2.62. The molecule has 1 aromatic rings. The number of nitrogens with zero attached hydrogens (tertiary/aromatic N) is 2. The molecule has 1 atom stereocenters. The zero-order valence-electron chi connectivity index (χ0n) is 14.6. The molecule has 2 fully saturated rings. The molecule has 1 aromatic carbocycles. The van der Waals surface area contributed by atoms with Crippen molar-refractivity contribution in [1.82, 2.24) is 9.80 Å². The van der Waals surface area contributed by atoms with Crippen LogP contribution in [-0.2, 0) is 4.79 Å². The Morgan fingerprint density at radius 1 is 1.28 bits per heavy atom. The number of carboxylic acids is 1. The maximum absolute atomic E-state index is 13.8. The summed E-state index contributed by atoms with van der Waals surface area (Å²) in [5.41, 5.74) is 0.0745. The predicted molar refractivity (Wildman–Crippen MR) is 91.9 cm³/mol. The number of hydrogen-bond donors (Lipinski definition) is 1. The largest absolute Gasteiger partial charge is 0.480 e. The summed E-state index contributed by atoms with van der Waals surface area (Å²) in [4.78, 5) is 27.9. The van der Waals surface area contributed by atoms with Crippen LogP contribution in [0.5, 0.6) is 0 Å². The lowest BCUT2D eigenvalue weighted by molar-refractivity contribution is -0.142. The van der Waals surface area contributed by atoms with Crippen molar-refractivity contribution in [1.29, 1.82) is 0 Å². The van der Waals surface area contributed by atoms with Gasteiger partial charge in [-0.2, -0.15) is 0 Å². The zero-order chi connectivity index (χ0) is 18.0. The maximum atomic E-state index is 13.8. The number of aliphatic carboxylic acids is 1. The third kappa shape index (κ3) is 3.54. The highest BCUT2D eigenvalue weighted by molar-refractivity contribution is 5.94. The van der Waals surface area contributed by atoms with Crippen molar-refractivity contribution in [2.24, 2.45) is 5.41 Å². The molecule has 5 nitrogen and oxygen atoms in total. The number of carboxylic acid groups (broad SMARTS) is 1. The van der Waals surface area contributed by atoms with Crippen LogP contribution in [0.15, 0.2) is 24.3 Å². The fourth-order valence-corrected chi connectivity index (χ4v) is 4.26. The van der Waals surface area contributed by atoms with Crippen molar-refractivity contribution in [2.45, 2.75) is 38.6 Å². The van der Waals surface area contributed by atoms with Crippen molar-refractivity contribution in [3.63, 3.8) is 0 Å². The number of hydrogen-bond acceptors (Lipinski definition) is 3. The molecule has 25 heavy (non-hydrogen) atoms. The minimum Gasteiger partial charge on any atom is -0.480 e. The molecule has 1 spiro atoms. The molecule has 1 amide bonds. The number of carbonyl (C=O) groups excluding carboxylic acids is 1. The molecule has 3 rings (SSSR count). The number of likely N-dealkylation sites (tertiary alicyclic amines) is 2. The Kier molecular flexibility index (Phi) is 5.08. The number of benzene rings is 1. The summed E-state index contributed by atoms with van der Waals surface area (Å²) in [6.07, 6.45) is 3.12. The van der Waals surface area contributed by atoms with Gasteiger partial charge in [-0.1, -0.05) is 19.1 Å². The van der Waals surface area contributed by atoms with Gasteiger partial charge < -0.3 is 10.0 Å². The molecule has 0 aliphatic carbocycles. The van der Waals surface area contributed by atoms with Crippen molar-refractivity contribution in [3.8, 4) is 0 Å². The Labute approximate surface area is 147 Å². The molecule has 136 valence electrons. The minimum absolute atomic E-state index is 0.0375. The smallest absolute Gasteiger partial charge is 0.320 e. The number of rotatable bonds is 4. The number of amides is 1. The van der Waals surface area contributed by atoms with Gasteiger partial charge in [-0.3, -0.25) is 14.5 Å². The van der Waals surface area contributed by atoms with Gasteiger partial charge >= 0.3 is 5.97 Å². The number of piperidine rings is 1. The summed E-state index contributed by atoms with van der Waals surface area (Å²) in [5.74, 6) is -1.52. The molecular formula is C19H25FN2O3. The molecule has 0 radical (unpaired) electrons. The van der Waals surface area contributed by atoms with Crippen LogP contribution in [0.4, 0.5) is 4.39 Å². The monoisotopic (exact) mass is 348 g/mol. The molecule has 0 saturated carbocycles. The lowest BCUT2D eigenvalue weighted by atomic mass is 9.76. The lowest BCUT2D eigenvalue weighted by Crippen LogP contribution is -2.44. The first-order valence-electron chi connectivity index (χ1n) is 8.96. The molecule has 2 aliphatic heterocycles. The van der Waals surface area contributed by atoms with Crippen molar-refractivity contribution in [2.75, 3.05) is 26.2 Å². The molecule has 0 unspecified atom stereocenters. The minimum atomic E-state index is -0.754. The highest BCUT2D eigenvalue weighted by atomic mass is 19.1. The van der Waals surface area contributed by atoms with E-state index in [1.165, 1.54) is 12.1 Å². The molecule has 2 heterocycles. The standard InChI is InChI=1S/C19H25FN2O3/c1-2-9-22-13-19(12-16(22)18(24)25)7-10-21(11-8-19)17(23)14-5-3-4-6-15(14)20/h3-6,16H,2,7-13H2,1H3,(H,24,25)/t16-/m0/s1. The Hall–Kier alpha value is -1.95. The van der Waals surface area contributed by atoms with Crippen LogP contribution in [-0.4, -0.2) is 59.0 Å². The van der Waals surface area contributed by atoms with Crippen LogP contribution >= 0.6 is 0 Å². The van der Waals surface area contributed by atoms with E-state index in [1.54, 1.807) is 17.0 Å². The van der Waals surface area contributed by atoms with E-state index < -0.39 is 17.8 Å². The number of carbonyl (C=O) groups is 2. The molecule has 6 heteroatoms. The molecular weight excluding hydrogens is 323 g/mol. The summed E-state index contributed by atoms with van der Waals surface area (Å²) in [5, 5.41) is 9.50. The quantitative estimate of drug-likeness (QED) is 0.909. The first kappa shape index (κ1) is 17.9. The van der Waals surface area contributed by atoms with Gasteiger partial charge in [0.05, 0.1) is 5.56 Å². The molecule has 2 aliphatic rings. The van der Waals surface area contributed by atoms with Gasteiger partial charge in [0.1, 0.15) is 11.9 Å². The second-order valence-corrected chi connectivity index (χ2v) is 7.30. The first-order valence-corrected chi connectivity index (χ1v) is 8.96. The van der Waals surface area contributed by atoms with Gasteiger partial charge in [-0.15, -0.1) is 0 Å². The third-order valence-electron chi connectivity index (χ3n) is 5.62. The van der Waals surface area contributed by atoms with Crippen LogP contribution in [0.3, 0.4) is 0 Å². The maximum Gasteiger partial charge on any atom is 0.320 e. The normalized spacial score (nSPS) is 23.1. The van der Waals surface area contributed by atoms with Crippen LogP contribution < -0.4 is 0 Å².